The lowest BCUT2D eigenvalue weighted by atomic mass is 10.3. The number of benzene rings is 1. The van der Waals surface area contributed by atoms with Crippen LogP contribution in [0, 0.1) is 3.57 Å². The fourth-order valence-electron chi connectivity index (χ4n) is 0.958. The molecule has 0 spiro atoms. The van der Waals surface area contributed by atoms with Crippen LogP contribution in [0.15, 0.2) is 24.3 Å². The predicted octanol–water partition coefficient (Wildman–Crippen LogP) is 1.71. The molecule has 0 fully saturated rings. The van der Waals surface area contributed by atoms with Gasteiger partial charge in [0, 0.05) is 9.26 Å². The Morgan fingerprint density at radius 2 is 2.19 bits per heavy atom. The van der Waals surface area contributed by atoms with Crippen LogP contribution in [-0.2, 0) is 10.0 Å². The molecule has 1 aromatic carbocycles. The third kappa shape index (κ3) is 3.56. The third-order valence-corrected chi connectivity index (χ3v) is 4.83. The first-order valence-corrected chi connectivity index (χ1v) is 7.43. The van der Waals surface area contributed by atoms with Crippen LogP contribution < -0.4 is 10.5 Å². The number of hydrogen-bond acceptors (Lipinski definition) is 3. The van der Waals surface area contributed by atoms with E-state index < -0.39 is 15.3 Å². The van der Waals surface area contributed by atoms with Crippen LogP contribution in [0.3, 0.4) is 0 Å². The van der Waals surface area contributed by atoms with Gasteiger partial charge in [-0.3, -0.25) is 4.72 Å². The van der Waals surface area contributed by atoms with E-state index in [0.29, 0.717) is 5.69 Å². The van der Waals surface area contributed by atoms with Gasteiger partial charge >= 0.3 is 0 Å². The van der Waals surface area contributed by atoms with Gasteiger partial charge in [-0.15, -0.1) is 0 Å². The van der Waals surface area contributed by atoms with E-state index in [-0.39, 0.29) is 4.99 Å². The minimum atomic E-state index is -3.55. The molecule has 0 aliphatic carbocycles. The average Bonchev–Trinajstić information content (AvgIpc) is 2.15. The molecule has 7 heteroatoms. The molecular formula is C9H11IN2O2S2. The largest absolute Gasteiger partial charge is 0.392 e. The maximum absolute atomic E-state index is 11.8. The first kappa shape index (κ1) is 13.7. The summed E-state index contributed by atoms with van der Waals surface area (Å²) in [4.78, 5) is -0.0434. The number of nitrogens with two attached hydrogens (primary N) is 1. The SMILES string of the molecule is CC(C(N)=S)S(=O)(=O)Nc1cccc(I)c1. The quantitative estimate of drug-likeness (QED) is 0.625. The van der Waals surface area contributed by atoms with Crippen molar-refractivity contribution in [3.8, 4) is 0 Å². The maximum atomic E-state index is 11.8. The average molecular weight is 370 g/mol. The summed E-state index contributed by atoms with van der Waals surface area (Å²) in [7, 11) is -3.55. The first-order valence-electron chi connectivity index (χ1n) is 4.39. The molecule has 0 amide bonds. The van der Waals surface area contributed by atoms with Gasteiger partial charge in [0.1, 0.15) is 5.25 Å². The Hall–Kier alpha value is -0.410. The zero-order valence-corrected chi connectivity index (χ0v) is 12.3. The van der Waals surface area contributed by atoms with Gasteiger partial charge < -0.3 is 5.73 Å². The zero-order chi connectivity index (χ0) is 12.3. The lowest BCUT2D eigenvalue weighted by molar-refractivity contribution is 0.598. The monoisotopic (exact) mass is 370 g/mol. The number of thiocarbonyl (C=S) groups is 1. The number of hydrogen-bond donors (Lipinski definition) is 2. The van der Waals surface area contributed by atoms with Crippen molar-refractivity contribution in [1.29, 1.82) is 0 Å². The van der Waals surface area contributed by atoms with Crippen molar-refractivity contribution >= 4 is 55.5 Å². The summed E-state index contributed by atoms with van der Waals surface area (Å²) in [5.41, 5.74) is 5.83. The van der Waals surface area contributed by atoms with Crippen molar-refractivity contribution in [2.75, 3.05) is 4.72 Å². The highest BCUT2D eigenvalue weighted by atomic mass is 127. The van der Waals surface area contributed by atoms with E-state index in [1.165, 1.54) is 6.92 Å². The molecule has 1 aromatic rings. The molecule has 4 nitrogen and oxygen atoms in total. The van der Waals surface area contributed by atoms with Gasteiger partial charge in [0.15, 0.2) is 0 Å². The van der Waals surface area contributed by atoms with Crippen molar-refractivity contribution in [1.82, 2.24) is 0 Å². The molecular weight excluding hydrogens is 359 g/mol. The van der Waals surface area contributed by atoms with Crippen LogP contribution in [0.2, 0.25) is 0 Å². The van der Waals surface area contributed by atoms with Gasteiger partial charge in [0.2, 0.25) is 10.0 Å². The Morgan fingerprint density at radius 3 is 2.69 bits per heavy atom. The van der Waals surface area contributed by atoms with Crippen LogP contribution >= 0.6 is 34.8 Å². The number of sulfonamides is 1. The summed E-state index contributed by atoms with van der Waals surface area (Å²) in [6.45, 7) is 1.46. The van der Waals surface area contributed by atoms with Crippen LogP contribution in [0.5, 0.6) is 0 Å². The molecule has 0 aliphatic rings. The van der Waals surface area contributed by atoms with E-state index in [1.807, 2.05) is 6.07 Å². The second-order valence-corrected chi connectivity index (χ2v) is 6.92. The third-order valence-electron chi connectivity index (χ3n) is 1.95. The normalized spacial score (nSPS) is 13.1. The van der Waals surface area contributed by atoms with Crippen molar-refractivity contribution in [3.63, 3.8) is 0 Å². The summed E-state index contributed by atoms with van der Waals surface area (Å²) in [6, 6.07) is 7.04. The number of nitrogens with one attached hydrogen (secondary N) is 1. The molecule has 0 saturated heterocycles. The first-order chi connectivity index (χ1) is 7.33. The molecule has 0 saturated carbocycles. The van der Waals surface area contributed by atoms with Crippen LogP contribution in [-0.4, -0.2) is 18.7 Å². The fraction of sp³-hybridized carbons (Fsp3) is 0.222. The Bertz CT molecular complexity index is 502. The second-order valence-electron chi connectivity index (χ2n) is 3.20. The minimum Gasteiger partial charge on any atom is -0.392 e. The van der Waals surface area contributed by atoms with Crippen LogP contribution in [0.4, 0.5) is 5.69 Å². The lowest BCUT2D eigenvalue weighted by Crippen LogP contribution is -2.35. The van der Waals surface area contributed by atoms with E-state index in [9.17, 15) is 8.42 Å². The van der Waals surface area contributed by atoms with Gasteiger partial charge in [-0.05, 0) is 47.7 Å². The molecule has 1 atom stereocenters. The standard InChI is InChI=1S/C9H11IN2O2S2/c1-6(9(11)15)16(13,14)12-8-4-2-3-7(10)5-8/h2-6,12H,1H3,(H2,11,15). The molecule has 88 valence electrons. The van der Waals surface area contributed by atoms with Gasteiger partial charge in [0.25, 0.3) is 0 Å². The van der Waals surface area contributed by atoms with Gasteiger partial charge in [0.05, 0.1) is 4.99 Å². The Morgan fingerprint density at radius 1 is 1.56 bits per heavy atom. The van der Waals surface area contributed by atoms with Gasteiger partial charge in [-0.25, -0.2) is 8.42 Å². The summed E-state index contributed by atoms with van der Waals surface area (Å²) in [5, 5.41) is -0.889. The molecule has 1 rings (SSSR count). The molecule has 0 radical (unpaired) electrons. The van der Waals surface area contributed by atoms with Crippen molar-refractivity contribution < 1.29 is 8.42 Å². The molecule has 16 heavy (non-hydrogen) atoms. The highest BCUT2D eigenvalue weighted by Crippen LogP contribution is 2.15. The smallest absolute Gasteiger partial charge is 0.241 e. The highest BCUT2D eigenvalue weighted by Gasteiger charge is 2.23. The zero-order valence-electron chi connectivity index (χ0n) is 8.48. The van der Waals surface area contributed by atoms with E-state index >= 15 is 0 Å². The molecule has 3 N–H and O–H groups in total. The Kier molecular flexibility index (Phi) is 4.51. The van der Waals surface area contributed by atoms with E-state index in [2.05, 4.69) is 39.5 Å². The van der Waals surface area contributed by atoms with Crippen molar-refractivity contribution in [2.45, 2.75) is 12.2 Å². The molecule has 0 aromatic heterocycles. The van der Waals surface area contributed by atoms with Crippen LogP contribution in [0.1, 0.15) is 6.92 Å². The maximum Gasteiger partial charge on any atom is 0.241 e. The van der Waals surface area contributed by atoms with Crippen molar-refractivity contribution in [2.24, 2.45) is 5.73 Å². The molecule has 1 unspecified atom stereocenters. The summed E-state index contributed by atoms with van der Waals surface area (Å²) in [6.07, 6.45) is 0. The Labute approximate surface area is 114 Å². The van der Waals surface area contributed by atoms with Crippen LogP contribution in [0.25, 0.3) is 0 Å². The molecule has 0 heterocycles. The summed E-state index contributed by atoms with van der Waals surface area (Å²) in [5.74, 6) is 0. The lowest BCUT2D eigenvalue weighted by Gasteiger charge is -2.13. The number of anilines is 1. The molecule has 0 aliphatic heterocycles. The van der Waals surface area contributed by atoms with Gasteiger partial charge in [-0.2, -0.15) is 0 Å². The fourth-order valence-corrected chi connectivity index (χ4v) is 2.82. The van der Waals surface area contributed by atoms with E-state index in [4.69, 9.17) is 5.73 Å². The number of rotatable bonds is 4. The predicted molar refractivity (Wildman–Crippen MR) is 77.9 cm³/mol. The summed E-state index contributed by atoms with van der Waals surface area (Å²) < 4.78 is 26.9. The van der Waals surface area contributed by atoms with E-state index in [0.717, 1.165) is 3.57 Å². The Balaban J connectivity index is 2.93. The summed E-state index contributed by atoms with van der Waals surface area (Å²) >= 11 is 6.77. The minimum absolute atomic E-state index is 0.0434. The van der Waals surface area contributed by atoms with Crippen molar-refractivity contribution in [3.05, 3.63) is 27.8 Å². The second kappa shape index (κ2) is 5.28. The topological polar surface area (TPSA) is 72.2 Å². The van der Waals surface area contributed by atoms with Gasteiger partial charge in [-0.1, -0.05) is 18.3 Å². The molecule has 0 bridgehead atoms. The number of halogens is 1. The van der Waals surface area contributed by atoms with E-state index in [1.54, 1.807) is 18.2 Å². The highest BCUT2D eigenvalue weighted by molar-refractivity contribution is 14.1.